The van der Waals surface area contributed by atoms with Gasteiger partial charge in [0.25, 0.3) is 5.91 Å². The fraction of sp³-hybridized carbons (Fsp3) is 0.750. The fourth-order valence-corrected chi connectivity index (χ4v) is 1.65. The Balaban J connectivity index is 2.04. The van der Waals surface area contributed by atoms with E-state index in [9.17, 15) is 14.0 Å². The van der Waals surface area contributed by atoms with Crippen molar-refractivity contribution in [2.75, 3.05) is 13.2 Å². The SMILES string of the molecule is O=C1NC(=O)N([C@H]2CCCO2)CC1F. The molecule has 2 rings (SSSR count). The van der Waals surface area contributed by atoms with Crippen LogP contribution in [0.5, 0.6) is 0 Å². The number of carbonyl (C=O) groups excluding carboxylic acids is 2. The molecule has 2 fully saturated rings. The molecule has 6 heteroatoms. The van der Waals surface area contributed by atoms with E-state index in [1.54, 1.807) is 0 Å². The Morgan fingerprint density at radius 1 is 1.50 bits per heavy atom. The second-order valence-corrected chi connectivity index (χ2v) is 3.38. The minimum Gasteiger partial charge on any atom is -0.358 e. The number of hydrogen-bond acceptors (Lipinski definition) is 3. The van der Waals surface area contributed by atoms with E-state index in [0.29, 0.717) is 13.0 Å². The molecule has 0 spiro atoms. The number of nitrogens with zero attached hydrogens (tertiary/aromatic N) is 1. The van der Waals surface area contributed by atoms with Crippen LogP contribution in [-0.4, -0.2) is 42.4 Å². The molecule has 78 valence electrons. The van der Waals surface area contributed by atoms with Crippen molar-refractivity contribution in [1.82, 2.24) is 10.2 Å². The first-order chi connectivity index (χ1) is 6.68. The lowest BCUT2D eigenvalue weighted by Crippen LogP contribution is -2.58. The molecule has 2 aliphatic rings. The monoisotopic (exact) mass is 202 g/mol. The normalized spacial score (nSPS) is 33.4. The predicted octanol–water partition coefficient (Wildman–Crippen LogP) is 0.0128. The van der Waals surface area contributed by atoms with E-state index < -0.39 is 18.1 Å². The summed E-state index contributed by atoms with van der Waals surface area (Å²) in [5, 5.41) is 1.95. The van der Waals surface area contributed by atoms with Crippen LogP contribution in [0.2, 0.25) is 0 Å². The largest absolute Gasteiger partial charge is 0.358 e. The molecule has 2 saturated heterocycles. The molecule has 2 aliphatic heterocycles. The van der Waals surface area contributed by atoms with Gasteiger partial charge in [-0.1, -0.05) is 0 Å². The molecule has 1 unspecified atom stereocenters. The van der Waals surface area contributed by atoms with Crippen LogP contribution in [0.15, 0.2) is 0 Å². The average Bonchev–Trinajstić information content (AvgIpc) is 2.64. The van der Waals surface area contributed by atoms with Crippen molar-refractivity contribution in [1.29, 1.82) is 0 Å². The quantitative estimate of drug-likeness (QED) is 0.651. The fourth-order valence-electron chi connectivity index (χ4n) is 1.65. The maximum absolute atomic E-state index is 13.0. The van der Waals surface area contributed by atoms with Crippen LogP contribution in [-0.2, 0) is 9.53 Å². The van der Waals surface area contributed by atoms with Gasteiger partial charge in [-0.2, -0.15) is 0 Å². The van der Waals surface area contributed by atoms with Crippen molar-refractivity contribution in [2.45, 2.75) is 25.2 Å². The number of nitrogens with one attached hydrogen (secondary N) is 1. The number of alkyl halides is 1. The Kier molecular flexibility index (Phi) is 2.37. The van der Waals surface area contributed by atoms with Crippen molar-refractivity contribution in [2.24, 2.45) is 0 Å². The zero-order valence-electron chi connectivity index (χ0n) is 7.53. The lowest BCUT2D eigenvalue weighted by Gasteiger charge is -2.32. The molecule has 2 atom stereocenters. The van der Waals surface area contributed by atoms with E-state index in [1.165, 1.54) is 4.90 Å². The van der Waals surface area contributed by atoms with Crippen LogP contribution in [0.1, 0.15) is 12.8 Å². The van der Waals surface area contributed by atoms with E-state index in [1.807, 2.05) is 5.32 Å². The number of ether oxygens (including phenoxy) is 1. The number of urea groups is 1. The number of imide groups is 1. The topological polar surface area (TPSA) is 58.6 Å². The van der Waals surface area contributed by atoms with Gasteiger partial charge in [0.2, 0.25) is 0 Å². The van der Waals surface area contributed by atoms with Crippen LogP contribution in [0.25, 0.3) is 0 Å². The van der Waals surface area contributed by atoms with Gasteiger partial charge in [0.1, 0.15) is 6.23 Å². The Labute approximate surface area is 80.2 Å². The molecule has 0 aromatic carbocycles. The van der Waals surface area contributed by atoms with E-state index in [0.717, 1.165) is 6.42 Å². The molecule has 3 amide bonds. The molecule has 0 aliphatic carbocycles. The van der Waals surface area contributed by atoms with Crippen LogP contribution in [0, 0.1) is 0 Å². The summed E-state index contributed by atoms with van der Waals surface area (Å²) in [6.07, 6.45) is -0.452. The first kappa shape index (κ1) is 9.39. The summed E-state index contributed by atoms with van der Waals surface area (Å²) in [4.78, 5) is 23.3. The summed E-state index contributed by atoms with van der Waals surface area (Å²) < 4.78 is 18.2. The van der Waals surface area contributed by atoms with Gasteiger partial charge >= 0.3 is 6.03 Å². The number of rotatable bonds is 1. The Hall–Kier alpha value is -1.17. The average molecular weight is 202 g/mol. The highest BCUT2D eigenvalue weighted by atomic mass is 19.1. The number of hydrogen-bond donors (Lipinski definition) is 1. The highest BCUT2D eigenvalue weighted by Crippen LogP contribution is 2.19. The Morgan fingerprint density at radius 3 is 2.93 bits per heavy atom. The van der Waals surface area contributed by atoms with E-state index in [-0.39, 0.29) is 12.8 Å². The molecule has 0 radical (unpaired) electrons. The van der Waals surface area contributed by atoms with E-state index >= 15 is 0 Å². The van der Waals surface area contributed by atoms with Crippen molar-refractivity contribution in [3.63, 3.8) is 0 Å². The molecule has 0 aromatic heterocycles. The minimum absolute atomic E-state index is 0.199. The third-order valence-electron chi connectivity index (χ3n) is 2.39. The van der Waals surface area contributed by atoms with Crippen LogP contribution < -0.4 is 5.32 Å². The molecule has 0 aromatic rings. The van der Waals surface area contributed by atoms with Crippen molar-refractivity contribution < 1.29 is 18.7 Å². The Bertz CT molecular complexity index is 265. The first-order valence-corrected chi connectivity index (χ1v) is 4.55. The summed E-state index contributed by atoms with van der Waals surface area (Å²) in [5.74, 6) is -0.857. The zero-order valence-corrected chi connectivity index (χ0v) is 7.53. The molecule has 0 bridgehead atoms. The standard InChI is InChI=1S/C8H11FN2O3/c9-5-4-11(6-2-1-3-14-6)8(13)10-7(5)12/h5-6H,1-4H2,(H,10,12,13)/t5?,6-/m1/s1. The van der Waals surface area contributed by atoms with Gasteiger partial charge in [-0.05, 0) is 12.8 Å². The zero-order chi connectivity index (χ0) is 10.1. The van der Waals surface area contributed by atoms with Gasteiger partial charge in [0, 0.05) is 6.61 Å². The Morgan fingerprint density at radius 2 is 2.29 bits per heavy atom. The van der Waals surface area contributed by atoms with Crippen LogP contribution in [0.3, 0.4) is 0 Å². The van der Waals surface area contributed by atoms with Crippen molar-refractivity contribution in [3.05, 3.63) is 0 Å². The number of halogens is 1. The maximum atomic E-state index is 13.0. The van der Waals surface area contributed by atoms with E-state index in [4.69, 9.17) is 4.74 Å². The molecular weight excluding hydrogens is 191 g/mol. The minimum atomic E-state index is -1.64. The lowest BCUT2D eigenvalue weighted by molar-refractivity contribution is -0.129. The smallest absolute Gasteiger partial charge is 0.326 e. The summed E-state index contributed by atoms with van der Waals surface area (Å²) in [6.45, 7) is 0.384. The number of carbonyl (C=O) groups is 2. The highest BCUT2D eigenvalue weighted by molar-refractivity contribution is 5.99. The lowest BCUT2D eigenvalue weighted by atomic mass is 10.2. The first-order valence-electron chi connectivity index (χ1n) is 4.55. The summed E-state index contributed by atoms with van der Waals surface area (Å²) >= 11 is 0. The van der Waals surface area contributed by atoms with Crippen LogP contribution in [0.4, 0.5) is 9.18 Å². The molecule has 1 N–H and O–H groups in total. The maximum Gasteiger partial charge on any atom is 0.326 e. The molecule has 2 heterocycles. The highest BCUT2D eigenvalue weighted by Gasteiger charge is 2.37. The predicted molar refractivity (Wildman–Crippen MR) is 44.1 cm³/mol. The van der Waals surface area contributed by atoms with Crippen molar-refractivity contribution >= 4 is 11.9 Å². The second-order valence-electron chi connectivity index (χ2n) is 3.38. The molecular formula is C8H11FN2O3. The molecule has 14 heavy (non-hydrogen) atoms. The molecule has 5 nitrogen and oxygen atoms in total. The second kappa shape index (κ2) is 3.53. The van der Waals surface area contributed by atoms with Gasteiger partial charge in [-0.25, -0.2) is 9.18 Å². The number of amides is 3. The summed E-state index contributed by atoms with van der Waals surface area (Å²) in [7, 11) is 0. The van der Waals surface area contributed by atoms with E-state index in [2.05, 4.69) is 0 Å². The third kappa shape index (κ3) is 1.57. The summed E-state index contributed by atoms with van der Waals surface area (Å²) in [5.41, 5.74) is 0. The molecule has 0 saturated carbocycles. The van der Waals surface area contributed by atoms with Gasteiger partial charge < -0.3 is 4.74 Å². The van der Waals surface area contributed by atoms with Gasteiger partial charge in [0.05, 0.1) is 6.54 Å². The van der Waals surface area contributed by atoms with Crippen LogP contribution >= 0.6 is 0 Å². The van der Waals surface area contributed by atoms with Crippen molar-refractivity contribution in [3.8, 4) is 0 Å². The summed E-state index contributed by atoms with van der Waals surface area (Å²) in [6, 6.07) is -0.559. The third-order valence-corrected chi connectivity index (χ3v) is 2.39. The van der Waals surface area contributed by atoms with Gasteiger partial charge in [0.15, 0.2) is 6.17 Å². The van der Waals surface area contributed by atoms with Gasteiger partial charge in [-0.3, -0.25) is 15.0 Å². The van der Waals surface area contributed by atoms with Gasteiger partial charge in [-0.15, -0.1) is 0 Å².